The van der Waals surface area contributed by atoms with E-state index in [1.807, 2.05) is 43.3 Å². The monoisotopic (exact) mass is 550 g/mol. The van der Waals surface area contributed by atoms with Crippen molar-refractivity contribution in [3.8, 4) is 11.1 Å². The Kier molecular flexibility index (Phi) is 9.45. The Bertz CT molecular complexity index is 1360. The van der Waals surface area contributed by atoms with Crippen molar-refractivity contribution >= 4 is 21.8 Å². The molecule has 0 saturated heterocycles. The van der Waals surface area contributed by atoms with E-state index in [1.54, 1.807) is 42.1 Å². The lowest BCUT2D eigenvalue weighted by atomic mass is 9.85. The van der Waals surface area contributed by atoms with E-state index in [9.17, 15) is 18.0 Å². The Morgan fingerprint density at radius 3 is 2.21 bits per heavy atom. The van der Waals surface area contributed by atoms with E-state index in [-0.39, 0.29) is 35.2 Å². The molecule has 0 spiro atoms. The number of rotatable bonds is 10. The molecule has 206 valence electrons. The average molecular weight is 551 g/mol. The number of sulfonamides is 1. The molecule has 0 aliphatic heterocycles. The standard InChI is InChI=1S/C29H34N4O5S/c1-20(25-3-2-18-30-19-25)31-29(35)24-9-13-26(14-10-24)33-39(37,38)27-15-11-23(12-16-27)22-7-4-21(5-8-22)6-17-28(34)32-36/h2-5,7-8,11-12,15-16,18-20,24,26,33,36H,6,9-10,13-14,17H2,1H3,(H,31,35)(H,32,34). The van der Waals surface area contributed by atoms with Crippen LogP contribution in [0.2, 0.25) is 0 Å². The summed E-state index contributed by atoms with van der Waals surface area (Å²) in [6.07, 6.45) is 6.58. The third kappa shape index (κ3) is 7.72. The molecule has 2 amide bonds. The second-order valence-corrected chi connectivity index (χ2v) is 11.7. The second-order valence-electron chi connectivity index (χ2n) is 9.94. The van der Waals surface area contributed by atoms with Crippen molar-refractivity contribution in [3.63, 3.8) is 0 Å². The number of benzene rings is 2. The lowest BCUT2D eigenvalue weighted by molar-refractivity contribution is -0.129. The van der Waals surface area contributed by atoms with Crippen LogP contribution in [0.15, 0.2) is 78.0 Å². The molecule has 3 aromatic rings. The maximum atomic E-state index is 13.0. The molecule has 1 heterocycles. The van der Waals surface area contributed by atoms with Crippen molar-refractivity contribution in [3.05, 3.63) is 84.2 Å². The summed E-state index contributed by atoms with van der Waals surface area (Å²) in [5, 5.41) is 11.7. The fourth-order valence-electron chi connectivity index (χ4n) is 4.81. The van der Waals surface area contributed by atoms with E-state index in [1.165, 1.54) is 0 Å². The third-order valence-electron chi connectivity index (χ3n) is 7.18. The zero-order valence-corrected chi connectivity index (χ0v) is 22.7. The van der Waals surface area contributed by atoms with Crippen LogP contribution < -0.4 is 15.5 Å². The Hall–Kier alpha value is -3.60. The van der Waals surface area contributed by atoms with Crippen molar-refractivity contribution in [1.29, 1.82) is 0 Å². The summed E-state index contributed by atoms with van der Waals surface area (Å²) < 4.78 is 28.8. The summed E-state index contributed by atoms with van der Waals surface area (Å²) in [6.45, 7) is 1.93. The Labute approximate surface area is 229 Å². The van der Waals surface area contributed by atoms with Gasteiger partial charge in [0.2, 0.25) is 21.8 Å². The predicted octanol–water partition coefficient (Wildman–Crippen LogP) is 3.90. The Morgan fingerprint density at radius 1 is 0.974 bits per heavy atom. The van der Waals surface area contributed by atoms with Gasteiger partial charge in [-0.15, -0.1) is 0 Å². The molecule has 1 saturated carbocycles. The topological polar surface area (TPSA) is 137 Å². The van der Waals surface area contributed by atoms with Crippen molar-refractivity contribution < 1.29 is 23.2 Å². The summed E-state index contributed by atoms with van der Waals surface area (Å²) in [6, 6.07) is 17.8. The fraction of sp³-hybridized carbons (Fsp3) is 0.345. The van der Waals surface area contributed by atoms with E-state index >= 15 is 0 Å². The van der Waals surface area contributed by atoms with E-state index < -0.39 is 15.9 Å². The summed E-state index contributed by atoms with van der Waals surface area (Å²) in [4.78, 5) is 28.2. The molecule has 1 atom stereocenters. The molecule has 1 fully saturated rings. The Balaban J connectivity index is 1.28. The number of nitrogens with one attached hydrogen (secondary N) is 3. The molecule has 39 heavy (non-hydrogen) atoms. The molecule has 0 bridgehead atoms. The Morgan fingerprint density at radius 2 is 1.62 bits per heavy atom. The van der Waals surface area contributed by atoms with Gasteiger partial charge in [0, 0.05) is 30.8 Å². The fourth-order valence-corrected chi connectivity index (χ4v) is 6.12. The summed E-state index contributed by atoms with van der Waals surface area (Å²) in [5.41, 5.74) is 5.33. The maximum absolute atomic E-state index is 13.0. The molecule has 4 rings (SSSR count). The lowest BCUT2D eigenvalue weighted by Gasteiger charge is -2.29. The minimum absolute atomic E-state index is 0.00746. The highest BCUT2D eigenvalue weighted by molar-refractivity contribution is 7.89. The largest absolute Gasteiger partial charge is 0.349 e. The van der Waals surface area contributed by atoms with Gasteiger partial charge in [-0.1, -0.05) is 42.5 Å². The van der Waals surface area contributed by atoms with Gasteiger partial charge in [-0.3, -0.25) is 19.8 Å². The maximum Gasteiger partial charge on any atom is 0.243 e. The number of aryl methyl sites for hydroxylation is 1. The van der Waals surface area contributed by atoms with Gasteiger partial charge in [0.1, 0.15) is 0 Å². The molecule has 10 heteroatoms. The number of pyridine rings is 1. The number of aromatic nitrogens is 1. The van der Waals surface area contributed by atoms with Crippen LogP contribution in [0.1, 0.15) is 56.2 Å². The lowest BCUT2D eigenvalue weighted by Crippen LogP contribution is -2.41. The molecule has 1 aliphatic rings. The number of amides is 2. The molecular formula is C29H34N4O5S. The first-order valence-electron chi connectivity index (χ1n) is 13.1. The molecule has 4 N–H and O–H groups in total. The van der Waals surface area contributed by atoms with Gasteiger partial charge in [-0.05, 0) is 79.5 Å². The number of hydroxylamine groups is 1. The van der Waals surface area contributed by atoms with Crippen LogP contribution >= 0.6 is 0 Å². The van der Waals surface area contributed by atoms with Crippen molar-refractivity contribution in [2.45, 2.75) is 62.4 Å². The first-order valence-corrected chi connectivity index (χ1v) is 14.6. The van der Waals surface area contributed by atoms with Gasteiger partial charge in [0.25, 0.3) is 0 Å². The predicted molar refractivity (Wildman–Crippen MR) is 147 cm³/mol. The van der Waals surface area contributed by atoms with Gasteiger partial charge in [0.05, 0.1) is 10.9 Å². The molecule has 1 aliphatic carbocycles. The number of hydrogen-bond acceptors (Lipinski definition) is 6. The first-order chi connectivity index (χ1) is 18.7. The molecule has 9 nitrogen and oxygen atoms in total. The van der Waals surface area contributed by atoms with E-state index in [0.717, 1.165) is 22.3 Å². The van der Waals surface area contributed by atoms with Crippen molar-refractivity contribution in [2.75, 3.05) is 0 Å². The minimum Gasteiger partial charge on any atom is -0.349 e. The van der Waals surface area contributed by atoms with Crippen LogP contribution in [-0.4, -0.2) is 36.5 Å². The summed E-state index contributed by atoms with van der Waals surface area (Å²) >= 11 is 0. The zero-order chi connectivity index (χ0) is 27.8. The van der Waals surface area contributed by atoms with E-state index in [4.69, 9.17) is 5.21 Å². The van der Waals surface area contributed by atoms with Crippen LogP contribution in [0.3, 0.4) is 0 Å². The van der Waals surface area contributed by atoms with Gasteiger partial charge >= 0.3 is 0 Å². The third-order valence-corrected chi connectivity index (χ3v) is 8.72. The number of hydrogen-bond donors (Lipinski definition) is 4. The molecule has 2 aromatic carbocycles. The van der Waals surface area contributed by atoms with Crippen LogP contribution in [0.4, 0.5) is 0 Å². The van der Waals surface area contributed by atoms with Gasteiger partial charge < -0.3 is 5.32 Å². The SMILES string of the molecule is CC(NC(=O)C1CCC(NS(=O)(=O)c2ccc(-c3ccc(CCC(=O)NO)cc3)cc2)CC1)c1cccnc1. The van der Waals surface area contributed by atoms with E-state index in [0.29, 0.717) is 32.1 Å². The number of carbonyl (C=O) groups is 2. The average Bonchev–Trinajstić information content (AvgIpc) is 2.96. The number of nitrogens with zero attached hydrogens (tertiary/aromatic N) is 1. The highest BCUT2D eigenvalue weighted by Crippen LogP contribution is 2.27. The van der Waals surface area contributed by atoms with Gasteiger partial charge in [0.15, 0.2) is 0 Å². The van der Waals surface area contributed by atoms with Crippen LogP contribution in [-0.2, 0) is 26.0 Å². The molecule has 1 unspecified atom stereocenters. The van der Waals surface area contributed by atoms with Crippen molar-refractivity contribution in [1.82, 2.24) is 20.5 Å². The molecular weight excluding hydrogens is 516 g/mol. The highest BCUT2D eigenvalue weighted by atomic mass is 32.2. The smallest absolute Gasteiger partial charge is 0.243 e. The molecule has 0 radical (unpaired) electrons. The zero-order valence-electron chi connectivity index (χ0n) is 21.8. The van der Waals surface area contributed by atoms with Gasteiger partial charge in [-0.25, -0.2) is 18.6 Å². The normalized spacial score (nSPS) is 18.2. The van der Waals surface area contributed by atoms with E-state index in [2.05, 4.69) is 15.0 Å². The van der Waals surface area contributed by atoms with Crippen molar-refractivity contribution in [2.24, 2.45) is 5.92 Å². The second kappa shape index (κ2) is 13.0. The van der Waals surface area contributed by atoms with Crippen LogP contribution in [0, 0.1) is 5.92 Å². The van der Waals surface area contributed by atoms with Gasteiger partial charge in [-0.2, -0.15) is 0 Å². The summed E-state index contributed by atoms with van der Waals surface area (Å²) in [7, 11) is -3.69. The number of carbonyl (C=O) groups excluding carboxylic acids is 2. The first kappa shape index (κ1) is 28.4. The summed E-state index contributed by atoms with van der Waals surface area (Å²) in [5.74, 6) is -0.580. The van der Waals surface area contributed by atoms with Crippen LogP contribution in [0.25, 0.3) is 11.1 Å². The highest BCUT2D eigenvalue weighted by Gasteiger charge is 2.29. The molecule has 1 aromatic heterocycles. The quantitative estimate of drug-likeness (QED) is 0.223. The minimum atomic E-state index is -3.69. The van der Waals surface area contributed by atoms with Crippen LogP contribution in [0.5, 0.6) is 0 Å².